The molecule has 1 saturated carbocycles. The maximum absolute atomic E-state index is 13.3. The van der Waals surface area contributed by atoms with Gasteiger partial charge in [-0.15, -0.1) is 0 Å². The van der Waals surface area contributed by atoms with Crippen molar-refractivity contribution in [2.75, 3.05) is 19.8 Å². The molecule has 4 rings (SSSR count). The van der Waals surface area contributed by atoms with E-state index in [-0.39, 0.29) is 18.8 Å². The third kappa shape index (κ3) is 5.03. The van der Waals surface area contributed by atoms with E-state index in [1.165, 1.54) is 0 Å². The largest absolute Gasteiger partial charge is 0.365 e. The maximum atomic E-state index is 13.3. The lowest BCUT2D eigenvalue weighted by molar-refractivity contribution is -0.0457. The van der Waals surface area contributed by atoms with Gasteiger partial charge in [0.1, 0.15) is 5.69 Å². The predicted octanol–water partition coefficient (Wildman–Crippen LogP) is 4.14. The van der Waals surface area contributed by atoms with E-state index < -0.39 is 11.8 Å². The van der Waals surface area contributed by atoms with E-state index in [0.717, 1.165) is 12.2 Å². The van der Waals surface area contributed by atoms with Crippen molar-refractivity contribution < 1.29 is 13.6 Å². The lowest BCUT2D eigenvalue weighted by Crippen LogP contribution is -2.42. The quantitative estimate of drug-likeness (QED) is 0.663. The highest BCUT2D eigenvalue weighted by molar-refractivity contribution is 6.42. The van der Waals surface area contributed by atoms with Gasteiger partial charge in [-0.1, -0.05) is 29.3 Å². The number of nitrogens with zero attached hydrogens (tertiary/aromatic N) is 3. The number of hydrogen-bond donors (Lipinski definition) is 2. The summed E-state index contributed by atoms with van der Waals surface area (Å²) in [4.78, 5) is 14.4. The predicted molar refractivity (Wildman–Crippen MR) is 116 cm³/mol. The smallest absolute Gasteiger partial charge is 0.252 e. The van der Waals surface area contributed by atoms with Gasteiger partial charge in [0.05, 0.1) is 27.8 Å². The number of alkyl halides is 2. The van der Waals surface area contributed by atoms with Gasteiger partial charge in [0.2, 0.25) is 5.92 Å². The van der Waals surface area contributed by atoms with Crippen LogP contribution in [0.5, 0.6) is 0 Å². The zero-order valence-corrected chi connectivity index (χ0v) is 18.5. The summed E-state index contributed by atoms with van der Waals surface area (Å²) < 4.78 is 28.4. The summed E-state index contributed by atoms with van der Waals surface area (Å²) in [5.41, 5.74) is 8.04. The van der Waals surface area contributed by atoms with Crippen molar-refractivity contribution in [2.24, 2.45) is 11.7 Å². The Morgan fingerprint density at radius 1 is 1.23 bits per heavy atom. The van der Waals surface area contributed by atoms with Gasteiger partial charge in [0, 0.05) is 38.2 Å². The molecule has 10 heteroatoms. The molecular weight excluding hydrogens is 447 g/mol. The Morgan fingerprint density at radius 2 is 1.97 bits per heavy atom. The number of rotatable bonds is 6. The van der Waals surface area contributed by atoms with Gasteiger partial charge >= 0.3 is 0 Å². The van der Waals surface area contributed by atoms with Crippen molar-refractivity contribution in [1.29, 1.82) is 0 Å². The highest BCUT2D eigenvalue weighted by Gasteiger charge is 2.34. The van der Waals surface area contributed by atoms with Crippen LogP contribution in [0.15, 0.2) is 18.2 Å². The summed E-state index contributed by atoms with van der Waals surface area (Å²) in [5.74, 6) is -2.77. The lowest BCUT2D eigenvalue weighted by atomic mass is 9.87. The molecule has 168 valence electrons. The van der Waals surface area contributed by atoms with Gasteiger partial charge in [-0.3, -0.25) is 14.4 Å². The van der Waals surface area contributed by atoms with Gasteiger partial charge < -0.3 is 11.1 Å². The molecule has 2 aliphatic rings. The van der Waals surface area contributed by atoms with E-state index in [4.69, 9.17) is 28.9 Å². The third-order valence-electron chi connectivity index (χ3n) is 6.10. The van der Waals surface area contributed by atoms with E-state index in [1.54, 1.807) is 18.2 Å². The van der Waals surface area contributed by atoms with Crippen molar-refractivity contribution in [1.82, 2.24) is 20.0 Å². The Kier molecular flexibility index (Phi) is 6.53. The topological polar surface area (TPSA) is 76.2 Å². The number of halogens is 4. The first-order valence-corrected chi connectivity index (χ1v) is 11.1. The fraction of sp³-hybridized carbons (Fsp3) is 0.524. The molecule has 1 aliphatic carbocycles. The molecule has 1 aliphatic heterocycles. The molecule has 3 N–H and O–H groups in total. The Labute approximate surface area is 189 Å². The fourth-order valence-electron chi connectivity index (χ4n) is 4.34. The number of benzene rings is 1. The number of hydrogen-bond acceptors (Lipinski definition) is 4. The molecule has 0 radical (unpaired) electrons. The normalized spacial score (nSPS) is 19.4. The van der Waals surface area contributed by atoms with Crippen molar-refractivity contribution in [3.63, 3.8) is 0 Å². The molecular formula is C21H25Cl2F2N5O. The molecule has 0 unspecified atom stereocenters. The summed E-state index contributed by atoms with van der Waals surface area (Å²) in [6.07, 6.45) is 1.04. The lowest BCUT2D eigenvalue weighted by Gasteiger charge is -2.31. The molecule has 1 aromatic carbocycles. The molecule has 0 saturated heterocycles. The monoisotopic (exact) mass is 471 g/mol. The summed E-state index contributed by atoms with van der Waals surface area (Å²) in [6.45, 7) is 3.21. The second kappa shape index (κ2) is 9.02. The second-order valence-corrected chi connectivity index (χ2v) is 9.17. The SMILES string of the molecule is NC(=O)c1c(-c2ccc(Cl)c(Cl)c2)nn2c1CN(CNCC1CCC(F)(F)CC1)CC2. The summed E-state index contributed by atoms with van der Waals surface area (Å²) in [6, 6.07) is 5.11. The van der Waals surface area contributed by atoms with Gasteiger partial charge in [0.15, 0.2) is 0 Å². The van der Waals surface area contributed by atoms with Gasteiger partial charge in [0.25, 0.3) is 5.91 Å². The Morgan fingerprint density at radius 3 is 2.65 bits per heavy atom. The fourth-order valence-corrected chi connectivity index (χ4v) is 4.64. The first kappa shape index (κ1) is 22.5. The maximum Gasteiger partial charge on any atom is 0.252 e. The second-order valence-electron chi connectivity index (χ2n) is 8.35. The van der Waals surface area contributed by atoms with Crippen LogP contribution in [0.25, 0.3) is 11.3 Å². The van der Waals surface area contributed by atoms with Crippen molar-refractivity contribution in [3.8, 4) is 11.3 Å². The molecule has 2 heterocycles. The van der Waals surface area contributed by atoms with Crippen LogP contribution in [0, 0.1) is 5.92 Å². The first-order valence-electron chi connectivity index (χ1n) is 10.4. The van der Waals surface area contributed by atoms with Crippen LogP contribution in [0.2, 0.25) is 10.0 Å². The molecule has 2 aromatic rings. The standard InChI is InChI=1S/C21H25Cl2F2N5O/c22-15-2-1-14(9-16(15)23)19-18(20(26)31)17-11-29(7-8-30(17)28-19)12-27-10-13-3-5-21(24,25)6-4-13/h1-2,9,13,27H,3-8,10-12H2,(H2,26,31). The summed E-state index contributed by atoms with van der Waals surface area (Å²) in [5, 5.41) is 8.80. The van der Waals surface area contributed by atoms with Gasteiger partial charge in [-0.25, -0.2) is 8.78 Å². The van der Waals surface area contributed by atoms with Crippen molar-refractivity contribution in [2.45, 2.75) is 44.7 Å². The van der Waals surface area contributed by atoms with Gasteiger partial charge in [-0.05, 0) is 37.4 Å². The molecule has 6 nitrogen and oxygen atoms in total. The number of aromatic nitrogens is 2. The zero-order valence-electron chi connectivity index (χ0n) is 17.0. The average Bonchev–Trinajstić information content (AvgIpc) is 3.10. The van der Waals surface area contributed by atoms with E-state index in [9.17, 15) is 13.6 Å². The molecule has 0 bridgehead atoms. The minimum atomic E-state index is -2.50. The molecule has 1 amide bonds. The molecule has 0 spiro atoms. The number of nitrogens with one attached hydrogen (secondary N) is 1. The minimum absolute atomic E-state index is 0.0261. The minimum Gasteiger partial charge on any atom is -0.365 e. The van der Waals surface area contributed by atoms with Crippen molar-refractivity contribution in [3.05, 3.63) is 39.5 Å². The van der Waals surface area contributed by atoms with E-state index in [0.29, 0.717) is 66.0 Å². The number of nitrogens with two attached hydrogens (primary N) is 1. The summed E-state index contributed by atoms with van der Waals surface area (Å²) in [7, 11) is 0. The Hall–Kier alpha value is -1.74. The zero-order chi connectivity index (χ0) is 22.2. The first-order chi connectivity index (χ1) is 14.7. The molecule has 31 heavy (non-hydrogen) atoms. The van der Waals surface area contributed by atoms with Crippen LogP contribution < -0.4 is 11.1 Å². The third-order valence-corrected chi connectivity index (χ3v) is 6.84. The number of carbonyl (C=O) groups is 1. The van der Waals surface area contributed by atoms with E-state index >= 15 is 0 Å². The van der Waals surface area contributed by atoms with Crippen LogP contribution in [-0.2, 0) is 13.1 Å². The Balaban J connectivity index is 1.43. The molecule has 0 atom stereocenters. The highest BCUT2D eigenvalue weighted by Crippen LogP contribution is 2.36. The molecule has 1 fully saturated rings. The van der Waals surface area contributed by atoms with Crippen molar-refractivity contribution >= 4 is 29.1 Å². The van der Waals surface area contributed by atoms with Crippen LogP contribution in [-0.4, -0.2) is 46.3 Å². The Bertz CT molecular complexity index is 971. The van der Waals surface area contributed by atoms with E-state index in [1.807, 2.05) is 4.68 Å². The number of amides is 1. The van der Waals surface area contributed by atoms with Crippen LogP contribution >= 0.6 is 23.2 Å². The van der Waals surface area contributed by atoms with E-state index in [2.05, 4.69) is 15.3 Å². The molecule has 1 aromatic heterocycles. The van der Waals surface area contributed by atoms with Gasteiger partial charge in [-0.2, -0.15) is 5.10 Å². The van der Waals surface area contributed by atoms with Crippen LogP contribution in [0.3, 0.4) is 0 Å². The van der Waals surface area contributed by atoms with Crippen LogP contribution in [0.4, 0.5) is 8.78 Å². The highest BCUT2D eigenvalue weighted by atomic mass is 35.5. The average molecular weight is 472 g/mol. The van der Waals surface area contributed by atoms with Crippen LogP contribution in [0.1, 0.15) is 41.7 Å². The summed E-state index contributed by atoms with van der Waals surface area (Å²) >= 11 is 12.2. The number of carbonyl (C=O) groups excluding carboxylic acids is 1. The number of fused-ring (bicyclic) bond motifs is 1. The number of primary amides is 1.